The molecule has 0 saturated carbocycles. The number of hydrogen-bond donors (Lipinski definition) is 2. The van der Waals surface area contributed by atoms with E-state index in [9.17, 15) is 14.4 Å². The zero-order chi connectivity index (χ0) is 22.1. The van der Waals surface area contributed by atoms with E-state index in [0.717, 1.165) is 5.56 Å². The number of nitrogens with one attached hydrogen (secondary N) is 2. The fourth-order valence-electron chi connectivity index (χ4n) is 3.19. The minimum atomic E-state index is -0.303. The first-order valence-corrected chi connectivity index (χ1v) is 11.1. The number of thiazole rings is 1. The van der Waals surface area contributed by atoms with Gasteiger partial charge < -0.3 is 15.0 Å². The Morgan fingerprint density at radius 1 is 1.23 bits per heavy atom. The Morgan fingerprint density at radius 2 is 1.97 bits per heavy atom. The predicted octanol–water partition coefficient (Wildman–Crippen LogP) is 3.07. The molecule has 0 bridgehead atoms. The average molecular weight is 443 g/mol. The number of aromatic nitrogens is 1. The summed E-state index contributed by atoms with van der Waals surface area (Å²) >= 11 is 1.28. The van der Waals surface area contributed by atoms with Gasteiger partial charge in [-0.25, -0.2) is 9.78 Å². The Labute approximate surface area is 185 Å². The Hall–Kier alpha value is -3.20. The van der Waals surface area contributed by atoms with Crippen LogP contribution < -0.4 is 10.6 Å². The summed E-state index contributed by atoms with van der Waals surface area (Å²) < 4.78 is 5.00. The molecule has 1 aliphatic heterocycles. The third kappa shape index (κ3) is 7.21. The fraction of sp³-hybridized carbons (Fsp3) is 0.364. The second-order valence-electron chi connectivity index (χ2n) is 7.08. The maximum atomic E-state index is 12.3. The van der Waals surface area contributed by atoms with Crippen molar-refractivity contribution in [1.29, 1.82) is 0 Å². The van der Waals surface area contributed by atoms with Crippen LogP contribution in [-0.4, -0.2) is 53.5 Å². The quantitative estimate of drug-likeness (QED) is 0.642. The molecule has 3 amide bonds. The van der Waals surface area contributed by atoms with Crippen molar-refractivity contribution in [2.45, 2.75) is 32.2 Å². The highest BCUT2D eigenvalue weighted by Gasteiger charge is 2.24. The van der Waals surface area contributed by atoms with Crippen molar-refractivity contribution < 1.29 is 19.1 Å². The molecule has 0 radical (unpaired) electrons. The zero-order valence-electron chi connectivity index (χ0n) is 17.4. The molecule has 1 aliphatic rings. The van der Waals surface area contributed by atoms with Crippen LogP contribution in [0.25, 0.3) is 6.08 Å². The van der Waals surface area contributed by atoms with E-state index >= 15 is 0 Å². The first-order valence-electron chi connectivity index (χ1n) is 10.2. The Morgan fingerprint density at radius 3 is 2.68 bits per heavy atom. The van der Waals surface area contributed by atoms with Crippen LogP contribution in [0.1, 0.15) is 31.0 Å². The lowest BCUT2D eigenvalue weighted by Crippen LogP contribution is -2.47. The maximum Gasteiger partial charge on any atom is 0.409 e. The highest BCUT2D eigenvalue weighted by molar-refractivity contribution is 7.14. The lowest BCUT2D eigenvalue weighted by Gasteiger charge is -2.31. The van der Waals surface area contributed by atoms with Gasteiger partial charge in [0.1, 0.15) is 0 Å². The van der Waals surface area contributed by atoms with Crippen molar-refractivity contribution in [3.05, 3.63) is 53.0 Å². The van der Waals surface area contributed by atoms with Crippen LogP contribution in [0.2, 0.25) is 0 Å². The molecule has 1 aromatic carbocycles. The molecule has 1 saturated heterocycles. The van der Waals surface area contributed by atoms with Crippen LogP contribution in [-0.2, 0) is 20.7 Å². The largest absolute Gasteiger partial charge is 0.450 e. The number of benzene rings is 1. The smallest absolute Gasteiger partial charge is 0.409 e. The Balaban J connectivity index is 1.41. The fourth-order valence-corrected chi connectivity index (χ4v) is 3.91. The van der Waals surface area contributed by atoms with Crippen LogP contribution in [0.5, 0.6) is 0 Å². The molecule has 2 heterocycles. The number of carbonyl (C=O) groups is 3. The van der Waals surface area contributed by atoms with Crippen molar-refractivity contribution >= 4 is 40.5 Å². The van der Waals surface area contributed by atoms with Crippen molar-refractivity contribution in [3.8, 4) is 0 Å². The first kappa shape index (κ1) is 22.5. The number of ether oxygens (including phenoxy) is 1. The number of piperidine rings is 1. The van der Waals surface area contributed by atoms with Gasteiger partial charge in [0.2, 0.25) is 11.8 Å². The van der Waals surface area contributed by atoms with Crippen molar-refractivity contribution in [3.63, 3.8) is 0 Å². The molecule has 3 rings (SSSR count). The Kier molecular flexibility index (Phi) is 8.17. The molecule has 2 aromatic rings. The predicted molar refractivity (Wildman–Crippen MR) is 120 cm³/mol. The summed E-state index contributed by atoms with van der Waals surface area (Å²) in [5.74, 6) is -0.399. The van der Waals surface area contributed by atoms with E-state index in [-0.39, 0.29) is 30.4 Å². The lowest BCUT2D eigenvalue weighted by molar-refractivity contribution is -0.121. The van der Waals surface area contributed by atoms with Crippen LogP contribution in [0.3, 0.4) is 0 Å². The first-order chi connectivity index (χ1) is 15.0. The van der Waals surface area contributed by atoms with Gasteiger partial charge in [-0.2, -0.15) is 0 Å². The molecule has 31 heavy (non-hydrogen) atoms. The van der Waals surface area contributed by atoms with E-state index in [1.165, 1.54) is 17.4 Å². The number of nitrogens with zero attached hydrogens (tertiary/aromatic N) is 2. The van der Waals surface area contributed by atoms with Gasteiger partial charge in [-0.15, -0.1) is 11.3 Å². The average Bonchev–Trinajstić information content (AvgIpc) is 3.20. The molecule has 0 spiro atoms. The summed E-state index contributed by atoms with van der Waals surface area (Å²) in [5, 5.41) is 7.92. The maximum absolute atomic E-state index is 12.3. The molecular formula is C22H26N4O4S. The standard InChI is InChI=1S/C22H26N4O4S/c1-2-30-22(29)26-12-10-17(11-13-26)23-20(28)14-18-15-31-21(24-18)25-19(27)9-8-16-6-4-3-5-7-16/h3-9,15,17H,2,10-14H2,1H3,(H,23,28)(H,24,25,27)/b9-8+. The number of anilines is 1. The van der Waals surface area contributed by atoms with Crippen LogP contribution in [0, 0.1) is 0 Å². The van der Waals surface area contributed by atoms with Crippen molar-refractivity contribution in [2.75, 3.05) is 25.0 Å². The lowest BCUT2D eigenvalue weighted by atomic mass is 10.1. The molecule has 0 atom stereocenters. The van der Waals surface area contributed by atoms with E-state index in [1.54, 1.807) is 23.3 Å². The van der Waals surface area contributed by atoms with Gasteiger partial charge in [0.25, 0.3) is 0 Å². The summed E-state index contributed by atoms with van der Waals surface area (Å²) in [4.78, 5) is 42.1. The number of amides is 3. The van der Waals surface area contributed by atoms with Crippen molar-refractivity contribution in [2.24, 2.45) is 0 Å². The van der Waals surface area contributed by atoms with Gasteiger partial charge in [0.05, 0.1) is 18.7 Å². The summed E-state index contributed by atoms with van der Waals surface area (Å²) in [6, 6.07) is 9.56. The molecule has 9 heteroatoms. The summed E-state index contributed by atoms with van der Waals surface area (Å²) in [5.41, 5.74) is 1.54. The second kappa shape index (κ2) is 11.3. The van der Waals surface area contributed by atoms with Gasteiger partial charge in [0, 0.05) is 30.6 Å². The number of hydrogen-bond acceptors (Lipinski definition) is 6. The van der Waals surface area contributed by atoms with Gasteiger partial charge in [0.15, 0.2) is 5.13 Å². The van der Waals surface area contributed by atoms with Gasteiger partial charge >= 0.3 is 6.09 Å². The van der Waals surface area contributed by atoms with Crippen LogP contribution in [0.4, 0.5) is 9.93 Å². The van der Waals surface area contributed by atoms with E-state index in [1.807, 2.05) is 30.3 Å². The van der Waals surface area contributed by atoms with Crippen LogP contribution >= 0.6 is 11.3 Å². The molecule has 2 N–H and O–H groups in total. The SMILES string of the molecule is CCOC(=O)N1CCC(NC(=O)Cc2csc(NC(=O)/C=C/c3ccccc3)n2)CC1. The summed E-state index contributed by atoms with van der Waals surface area (Å²) in [7, 11) is 0. The Bertz CT molecular complexity index is 921. The van der Waals surface area contributed by atoms with E-state index in [2.05, 4.69) is 15.6 Å². The number of likely N-dealkylation sites (tertiary alicyclic amines) is 1. The third-order valence-corrected chi connectivity index (χ3v) is 5.54. The minimum Gasteiger partial charge on any atom is -0.450 e. The van der Waals surface area contributed by atoms with Gasteiger partial charge in [-0.1, -0.05) is 30.3 Å². The number of rotatable bonds is 7. The molecular weight excluding hydrogens is 416 g/mol. The highest BCUT2D eigenvalue weighted by Crippen LogP contribution is 2.17. The van der Waals surface area contributed by atoms with Gasteiger partial charge in [-0.05, 0) is 31.4 Å². The van der Waals surface area contributed by atoms with E-state index < -0.39 is 0 Å². The normalized spacial score (nSPS) is 14.4. The molecule has 0 aliphatic carbocycles. The summed E-state index contributed by atoms with van der Waals surface area (Å²) in [6.45, 7) is 3.26. The van der Waals surface area contributed by atoms with Crippen LogP contribution in [0.15, 0.2) is 41.8 Å². The molecule has 1 aromatic heterocycles. The highest BCUT2D eigenvalue weighted by atomic mass is 32.1. The zero-order valence-corrected chi connectivity index (χ0v) is 18.2. The summed E-state index contributed by atoms with van der Waals surface area (Å²) in [6.07, 6.45) is 4.40. The second-order valence-corrected chi connectivity index (χ2v) is 7.94. The van der Waals surface area contributed by atoms with Crippen molar-refractivity contribution in [1.82, 2.24) is 15.2 Å². The molecule has 0 unspecified atom stereocenters. The monoisotopic (exact) mass is 442 g/mol. The number of carbonyl (C=O) groups excluding carboxylic acids is 3. The molecule has 164 valence electrons. The topological polar surface area (TPSA) is 101 Å². The van der Waals surface area contributed by atoms with E-state index in [4.69, 9.17) is 4.74 Å². The minimum absolute atomic E-state index is 0.0270. The van der Waals surface area contributed by atoms with E-state index in [0.29, 0.717) is 43.4 Å². The molecule has 1 fully saturated rings. The van der Waals surface area contributed by atoms with Gasteiger partial charge in [-0.3, -0.25) is 14.9 Å². The molecule has 8 nitrogen and oxygen atoms in total. The third-order valence-electron chi connectivity index (χ3n) is 4.74.